The van der Waals surface area contributed by atoms with E-state index in [1.54, 1.807) is 12.4 Å². The zero-order valence-electron chi connectivity index (χ0n) is 11.3. The normalized spacial score (nSPS) is 10.5. The second kappa shape index (κ2) is 6.09. The van der Waals surface area contributed by atoms with Crippen molar-refractivity contribution >= 4 is 11.4 Å². The van der Waals surface area contributed by atoms with Gasteiger partial charge in [-0.1, -0.05) is 0 Å². The summed E-state index contributed by atoms with van der Waals surface area (Å²) in [5.41, 5.74) is 8.71. The van der Waals surface area contributed by atoms with Crippen LogP contribution in [0, 0.1) is 0 Å². The van der Waals surface area contributed by atoms with E-state index < -0.39 is 0 Å². The molecule has 0 aliphatic carbocycles. The number of nitrogens with zero attached hydrogens (tertiary/aromatic N) is 1. The quantitative estimate of drug-likeness (QED) is 0.808. The zero-order valence-corrected chi connectivity index (χ0v) is 11.3. The fourth-order valence-corrected chi connectivity index (χ4v) is 1.71. The van der Waals surface area contributed by atoms with Crippen LogP contribution in [0.4, 0.5) is 11.4 Å². The van der Waals surface area contributed by atoms with Crippen LogP contribution < -0.4 is 15.8 Å². The molecule has 0 spiro atoms. The van der Waals surface area contributed by atoms with Crippen molar-refractivity contribution in [2.75, 3.05) is 11.1 Å². The first-order valence-electron chi connectivity index (χ1n) is 6.34. The molecule has 0 unspecified atom stereocenters. The molecule has 0 atom stereocenters. The smallest absolute Gasteiger partial charge is 0.144 e. The highest BCUT2D eigenvalue weighted by Crippen LogP contribution is 2.26. The van der Waals surface area contributed by atoms with Crippen molar-refractivity contribution in [3.8, 4) is 5.75 Å². The van der Waals surface area contributed by atoms with Crippen molar-refractivity contribution in [1.29, 1.82) is 0 Å². The van der Waals surface area contributed by atoms with Crippen LogP contribution in [0.5, 0.6) is 5.75 Å². The molecule has 0 saturated carbocycles. The Labute approximate surface area is 113 Å². The maximum Gasteiger partial charge on any atom is 0.144 e. The Bertz CT molecular complexity index is 526. The summed E-state index contributed by atoms with van der Waals surface area (Å²) < 4.78 is 5.66. The van der Waals surface area contributed by atoms with E-state index in [-0.39, 0.29) is 6.10 Å². The van der Waals surface area contributed by atoms with Crippen LogP contribution in [0.2, 0.25) is 0 Å². The number of benzene rings is 1. The van der Waals surface area contributed by atoms with E-state index in [9.17, 15) is 0 Å². The molecular formula is C15H19N3O. The molecule has 3 N–H and O–H groups in total. The number of hydrogen-bond donors (Lipinski definition) is 2. The van der Waals surface area contributed by atoms with Crippen LogP contribution in [0.15, 0.2) is 42.7 Å². The third-order valence-corrected chi connectivity index (χ3v) is 2.62. The number of rotatable bonds is 5. The van der Waals surface area contributed by atoms with Crippen molar-refractivity contribution < 1.29 is 4.74 Å². The van der Waals surface area contributed by atoms with Crippen molar-refractivity contribution in [2.24, 2.45) is 0 Å². The highest BCUT2D eigenvalue weighted by Gasteiger charge is 2.04. The van der Waals surface area contributed by atoms with Gasteiger partial charge in [-0.3, -0.25) is 4.98 Å². The standard InChI is InChI=1S/C15H19N3O/c1-11(2)19-15-9-13(3-4-14(15)16)18-10-12-5-7-17-8-6-12/h3-9,11,18H,10,16H2,1-2H3. The average Bonchev–Trinajstić information content (AvgIpc) is 2.40. The van der Waals surface area contributed by atoms with Gasteiger partial charge in [0.1, 0.15) is 5.75 Å². The monoisotopic (exact) mass is 257 g/mol. The minimum atomic E-state index is 0.109. The molecule has 0 saturated heterocycles. The van der Waals surface area contributed by atoms with Gasteiger partial charge in [0.15, 0.2) is 0 Å². The largest absolute Gasteiger partial charge is 0.489 e. The Morgan fingerprint density at radius 2 is 1.95 bits per heavy atom. The molecule has 4 heteroatoms. The summed E-state index contributed by atoms with van der Waals surface area (Å²) in [5, 5.41) is 3.34. The Balaban J connectivity index is 2.04. The summed E-state index contributed by atoms with van der Waals surface area (Å²) in [6.07, 6.45) is 3.68. The molecule has 1 aromatic heterocycles. The highest BCUT2D eigenvalue weighted by atomic mass is 16.5. The Morgan fingerprint density at radius 1 is 1.21 bits per heavy atom. The fourth-order valence-electron chi connectivity index (χ4n) is 1.71. The predicted molar refractivity (Wildman–Crippen MR) is 78.2 cm³/mol. The lowest BCUT2D eigenvalue weighted by molar-refractivity contribution is 0.244. The molecule has 0 fully saturated rings. The Morgan fingerprint density at radius 3 is 2.63 bits per heavy atom. The van der Waals surface area contributed by atoms with E-state index in [0.717, 1.165) is 18.0 Å². The molecule has 0 bridgehead atoms. The lowest BCUT2D eigenvalue weighted by atomic mass is 10.2. The minimum absolute atomic E-state index is 0.109. The van der Waals surface area contributed by atoms with Crippen molar-refractivity contribution in [3.63, 3.8) is 0 Å². The average molecular weight is 257 g/mol. The van der Waals surface area contributed by atoms with Crippen molar-refractivity contribution in [3.05, 3.63) is 48.3 Å². The second-order valence-corrected chi connectivity index (χ2v) is 4.63. The van der Waals surface area contributed by atoms with Crippen LogP contribution >= 0.6 is 0 Å². The maximum absolute atomic E-state index is 5.88. The minimum Gasteiger partial charge on any atom is -0.489 e. The lowest BCUT2D eigenvalue weighted by Crippen LogP contribution is -2.08. The molecule has 0 aliphatic heterocycles. The van der Waals surface area contributed by atoms with Crippen LogP contribution in [0.25, 0.3) is 0 Å². The second-order valence-electron chi connectivity index (χ2n) is 4.63. The number of ether oxygens (including phenoxy) is 1. The third-order valence-electron chi connectivity index (χ3n) is 2.62. The first kappa shape index (κ1) is 13.2. The third kappa shape index (κ3) is 3.88. The first-order chi connectivity index (χ1) is 9.15. The summed E-state index contributed by atoms with van der Waals surface area (Å²) >= 11 is 0. The topological polar surface area (TPSA) is 60.2 Å². The number of nitrogens with two attached hydrogens (primary N) is 1. The van der Waals surface area contributed by atoms with E-state index in [4.69, 9.17) is 10.5 Å². The predicted octanol–water partition coefficient (Wildman–Crippen LogP) is 3.06. The molecule has 4 nitrogen and oxygen atoms in total. The lowest BCUT2D eigenvalue weighted by Gasteiger charge is -2.14. The van der Waals surface area contributed by atoms with Gasteiger partial charge in [-0.15, -0.1) is 0 Å². The number of pyridine rings is 1. The van der Waals surface area contributed by atoms with Gasteiger partial charge in [-0.05, 0) is 43.7 Å². The maximum atomic E-state index is 5.88. The summed E-state index contributed by atoms with van der Waals surface area (Å²) in [4.78, 5) is 3.99. The molecular weight excluding hydrogens is 238 g/mol. The number of hydrogen-bond acceptors (Lipinski definition) is 4. The van der Waals surface area contributed by atoms with Crippen LogP contribution in [-0.4, -0.2) is 11.1 Å². The number of anilines is 2. The van der Waals surface area contributed by atoms with E-state index in [1.807, 2.05) is 44.2 Å². The van der Waals surface area contributed by atoms with E-state index in [1.165, 1.54) is 5.56 Å². The van der Waals surface area contributed by atoms with Gasteiger partial charge < -0.3 is 15.8 Å². The van der Waals surface area contributed by atoms with Gasteiger partial charge in [-0.2, -0.15) is 0 Å². The fraction of sp³-hybridized carbons (Fsp3) is 0.267. The van der Waals surface area contributed by atoms with E-state index in [2.05, 4.69) is 10.3 Å². The van der Waals surface area contributed by atoms with Gasteiger partial charge in [0, 0.05) is 30.7 Å². The molecule has 0 aliphatic rings. The molecule has 100 valence electrons. The molecule has 0 amide bonds. The molecule has 0 radical (unpaired) electrons. The molecule has 1 heterocycles. The van der Waals surface area contributed by atoms with Gasteiger partial charge >= 0.3 is 0 Å². The number of nitrogens with one attached hydrogen (secondary N) is 1. The summed E-state index contributed by atoms with van der Waals surface area (Å²) in [6, 6.07) is 9.69. The first-order valence-corrected chi connectivity index (χ1v) is 6.34. The van der Waals surface area contributed by atoms with E-state index in [0.29, 0.717) is 5.69 Å². The van der Waals surface area contributed by atoms with Gasteiger partial charge in [0.2, 0.25) is 0 Å². The highest BCUT2D eigenvalue weighted by molar-refractivity contribution is 5.61. The summed E-state index contributed by atoms with van der Waals surface area (Å²) in [6.45, 7) is 4.71. The van der Waals surface area contributed by atoms with Crippen LogP contribution in [0.3, 0.4) is 0 Å². The van der Waals surface area contributed by atoms with Crippen molar-refractivity contribution in [1.82, 2.24) is 4.98 Å². The SMILES string of the molecule is CC(C)Oc1cc(NCc2ccncc2)ccc1N. The number of aromatic nitrogens is 1. The molecule has 1 aromatic carbocycles. The Hall–Kier alpha value is -2.23. The number of nitrogen functional groups attached to an aromatic ring is 1. The summed E-state index contributed by atoms with van der Waals surface area (Å²) in [7, 11) is 0. The van der Waals surface area contributed by atoms with Gasteiger partial charge in [-0.25, -0.2) is 0 Å². The zero-order chi connectivity index (χ0) is 13.7. The van der Waals surface area contributed by atoms with Gasteiger partial charge in [0.25, 0.3) is 0 Å². The van der Waals surface area contributed by atoms with Crippen LogP contribution in [0.1, 0.15) is 19.4 Å². The summed E-state index contributed by atoms with van der Waals surface area (Å²) in [5.74, 6) is 0.717. The van der Waals surface area contributed by atoms with Crippen molar-refractivity contribution in [2.45, 2.75) is 26.5 Å². The van der Waals surface area contributed by atoms with Gasteiger partial charge in [0.05, 0.1) is 11.8 Å². The molecule has 2 rings (SSSR count). The molecule has 2 aromatic rings. The van der Waals surface area contributed by atoms with E-state index >= 15 is 0 Å². The van der Waals surface area contributed by atoms with Crippen LogP contribution in [-0.2, 0) is 6.54 Å². The Kier molecular flexibility index (Phi) is 4.23. The molecule has 19 heavy (non-hydrogen) atoms.